The average Bonchev–Trinajstić information content (AvgIpc) is 2.88. The number of hydrogen-bond donors (Lipinski definition) is 2. The van der Waals surface area contributed by atoms with Gasteiger partial charge in [-0.25, -0.2) is 0 Å². The molecule has 0 heterocycles. The maximum Gasteiger partial charge on any atom is 0.115 e. The Labute approximate surface area is 78.6 Å². The van der Waals surface area contributed by atoms with Gasteiger partial charge in [0.2, 0.25) is 0 Å². The van der Waals surface area contributed by atoms with Crippen LogP contribution in [0.1, 0.15) is 18.4 Å². The summed E-state index contributed by atoms with van der Waals surface area (Å²) in [7, 11) is 0. The zero-order valence-electron chi connectivity index (χ0n) is 7.66. The van der Waals surface area contributed by atoms with Crippen LogP contribution in [-0.2, 0) is 6.42 Å². The summed E-state index contributed by atoms with van der Waals surface area (Å²) in [6, 6.07) is 8.25. The van der Waals surface area contributed by atoms with Gasteiger partial charge in [-0.15, -0.1) is 0 Å². The van der Waals surface area contributed by atoms with Gasteiger partial charge in [-0.3, -0.25) is 0 Å². The number of nitrogens with one attached hydrogen (secondary N) is 1. The predicted octanol–water partition coefficient (Wildman–Crippen LogP) is 1.69. The molecule has 0 radical (unpaired) electrons. The third-order valence-electron chi connectivity index (χ3n) is 2.33. The minimum absolute atomic E-state index is 0.365. The lowest BCUT2D eigenvalue weighted by Crippen LogP contribution is -2.19. The van der Waals surface area contributed by atoms with Crippen LogP contribution in [0.5, 0.6) is 5.75 Å². The first kappa shape index (κ1) is 8.57. The first-order valence-electron chi connectivity index (χ1n) is 4.86. The van der Waals surface area contributed by atoms with Crippen LogP contribution in [0.15, 0.2) is 24.3 Å². The van der Waals surface area contributed by atoms with Crippen molar-refractivity contribution in [2.24, 2.45) is 0 Å². The molecule has 0 atom stereocenters. The molecule has 0 unspecified atom stereocenters. The van der Waals surface area contributed by atoms with Gasteiger partial charge in [0, 0.05) is 6.04 Å². The second-order valence-corrected chi connectivity index (χ2v) is 3.65. The predicted molar refractivity (Wildman–Crippen MR) is 52.8 cm³/mol. The van der Waals surface area contributed by atoms with E-state index in [0.29, 0.717) is 5.75 Å². The molecule has 2 N–H and O–H groups in total. The molecular weight excluding hydrogens is 162 g/mol. The van der Waals surface area contributed by atoms with Gasteiger partial charge in [0.05, 0.1) is 0 Å². The summed E-state index contributed by atoms with van der Waals surface area (Å²) in [6.07, 6.45) is 3.67. The maximum absolute atomic E-state index is 9.21. The third-order valence-corrected chi connectivity index (χ3v) is 2.33. The van der Waals surface area contributed by atoms with Crippen molar-refractivity contribution in [2.75, 3.05) is 6.54 Å². The number of hydrogen-bond acceptors (Lipinski definition) is 2. The van der Waals surface area contributed by atoms with Gasteiger partial charge in [0.15, 0.2) is 0 Å². The molecule has 2 rings (SSSR count). The Hall–Kier alpha value is -1.02. The Kier molecular flexibility index (Phi) is 2.50. The van der Waals surface area contributed by atoms with Crippen LogP contribution in [0.4, 0.5) is 0 Å². The molecule has 1 aromatic rings. The number of rotatable bonds is 4. The molecule has 70 valence electrons. The first-order valence-corrected chi connectivity index (χ1v) is 4.86. The Morgan fingerprint density at radius 1 is 1.38 bits per heavy atom. The van der Waals surface area contributed by atoms with E-state index in [-0.39, 0.29) is 0 Å². The average molecular weight is 177 g/mol. The molecule has 1 aromatic carbocycles. The number of benzene rings is 1. The quantitative estimate of drug-likeness (QED) is 0.733. The summed E-state index contributed by atoms with van der Waals surface area (Å²) in [5.74, 6) is 0.365. The van der Waals surface area contributed by atoms with E-state index in [0.717, 1.165) is 19.0 Å². The molecular formula is C11H15NO. The first-order chi connectivity index (χ1) is 6.34. The Bertz CT molecular complexity index is 281. The number of phenolic OH excluding ortho intramolecular Hbond substituents is 1. The van der Waals surface area contributed by atoms with E-state index < -0.39 is 0 Å². The van der Waals surface area contributed by atoms with Gasteiger partial charge in [-0.2, -0.15) is 0 Å². The van der Waals surface area contributed by atoms with Gasteiger partial charge in [0.1, 0.15) is 5.75 Å². The van der Waals surface area contributed by atoms with Crippen molar-refractivity contribution in [1.29, 1.82) is 0 Å². The van der Waals surface area contributed by atoms with Crippen molar-refractivity contribution in [2.45, 2.75) is 25.3 Å². The zero-order valence-corrected chi connectivity index (χ0v) is 7.66. The Morgan fingerprint density at radius 3 is 2.92 bits per heavy atom. The van der Waals surface area contributed by atoms with Crippen LogP contribution in [0.3, 0.4) is 0 Å². The molecule has 0 aliphatic heterocycles. The molecule has 0 saturated heterocycles. The highest BCUT2D eigenvalue weighted by Gasteiger charge is 2.19. The summed E-state index contributed by atoms with van der Waals surface area (Å²) in [5.41, 5.74) is 1.20. The highest BCUT2D eigenvalue weighted by Crippen LogP contribution is 2.18. The van der Waals surface area contributed by atoms with Crippen LogP contribution in [0, 0.1) is 0 Å². The standard InChI is InChI=1S/C11H15NO/c13-11-3-1-2-9(8-11)6-7-12-10-4-5-10/h1-3,8,10,12-13H,4-7H2. The topological polar surface area (TPSA) is 32.3 Å². The van der Waals surface area contributed by atoms with E-state index in [1.54, 1.807) is 6.07 Å². The van der Waals surface area contributed by atoms with E-state index in [1.165, 1.54) is 18.4 Å². The number of phenols is 1. The Morgan fingerprint density at radius 2 is 2.23 bits per heavy atom. The van der Waals surface area contributed by atoms with Crippen molar-refractivity contribution in [3.8, 4) is 5.75 Å². The lowest BCUT2D eigenvalue weighted by atomic mass is 10.1. The largest absolute Gasteiger partial charge is 0.508 e. The molecule has 0 bridgehead atoms. The number of aromatic hydroxyl groups is 1. The maximum atomic E-state index is 9.21. The third kappa shape index (κ3) is 2.74. The summed E-state index contributed by atoms with van der Waals surface area (Å²) in [5, 5.41) is 12.7. The van der Waals surface area contributed by atoms with E-state index in [4.69, 9.17) is 0 Å². The zero-order chi connectivity index (χ0) is 9.10. The molecule has 0 aromatic heterocycles. The van der Waals surface area contributed by atoms with Crippen LogP contribution in [0.2, 0.25) is 0 Å². The summed E-state index contributed by atoms with van der Waals surface area (Å²) >= 11 is 0. The summed E-state index contributed by atoms with van der Waals surface area (Å²) in [6.45, 7) is 1.02. The molecule has 1 aliphatic rings. The van der Waals surface area contributed by atoms with Crippen molar-refractivity contribution < 1.29 is 5.11 Å². The molecule has 0 amide bonds. The van der Waals surface area contributed by atoms with Crippen molar-refractivity contribution in [1.82, 2.24) is 5.32 Å². The van der Waals surface area contributed by atoms with Crippen LogP contribution in [0.25, 0.3) is 0 Å². The van der Waals surface area contributed by atoms with Crippen molar-refractivity contribution in [3.63, 3.8) is 0 Å². The molecule has 1 fully saturated rings. The minimum atomic E-state index is 0.365. The fraction of sp³-hybridized carbons (Fsp3) is 0.455. The van der Waals surface area contributed by atoms with E-state index >= 15 is 0 Å². The molecule has 2 heteroatoms. The van der Waals surface area contributed by atoms with Gasteiger partial charge in [-0.05, 0) is 43.5 Å². The lowest BCUT2D eigenvalue weighted by molar-refractivity contribution is 0.474. The SMILES string of the molecule is Oc1cccc(CCNC2CC2)c1. The Balaban J connectivity index is 1.79. The smallest absolute Gasteiger partial charge is 0.115 e. The summed E-state index contributed by atoms with van der Waals surface area (Å²) < 4.78 is 0. The highest BCUT2D eigenvalue weighted by molar-refractivity contribution is 5.27. The minimum Gasteiger partial charge on any atom is -0.508 e. The van der Waals surface area contributed by atoms with Crippen molar-refractivity contribution >= 4 is 0 Å². The molecule has 1 aliphatic carbocycles. The lowest BCUT2D eigenvalue weighted by Gasteiger charge is -2.02. The molecule has 2 nitrogen and oxygen atoms in total. The summed E-state index contributed by atoms with van der Waals surface area (Å²) in [4.78, 5) is 0. The van der Waals surface area contributed by atoms with Gasteiger partial charge < -0.3 is 10.4 Å². The fourth-order valence-corrected chi connectivity index (χ4v) is 1.42. The van der Waals surface area contributed by atoms with Crippen molar-refractivity contribution in [3.05, 3.63) is 29.8 Å². The molecule has 13 heavy (non-hydrogen) atoms. The molecule has 0 spiro atoms. The van der Waals surface area contributed by atoms with E-state index in [1.807, 2.05) is 18.2 Å². The normalized spacial score (nSPS) is 16.0. The monoisotopic (exact) mass is 177 g/mol. The van der Waals surface area contributed by atoms with Gasteiger partial charge >= 0.3 is 0 Å². The fourth-order valence-electron chi connectivity index (χ4n) is 1.42. The second-order valence-electron chi connectivity index (χ2n) is 3.65. The van der Waals surface area contributed by atoms with E-state index in [9.17, 15) is 5.11 Å². The van der Waals surface area contributed by atoms with Gasteiger partial charge in [0.25, 0.3) is 0 Å². The van der Waals surface area contributed by atoms with Crippen LogP contribution < -0.4 is 5.32 Å². The highest BCUT2D eigenvalue weighted by atomic mass is 16.3. The molecule has 1 saturated carbocycles. The van der Waals surface area contributed by atoms with Gasteiger partial charge in [-0.1, -0.05) is 12.1 Å². The second kappa shape index (κ2) is 3.79. The van der Waals surface area contributed by atoms with E-state index in [2.05, 4.69) is 5.32 Å². The van der Waals surface area contributed by atoms with Crippen LogP contribution in [-0.4, -0.2) is 17.7 Å². The van der Waals surface area contributed by atoms with Crippen LogP contribution >= 0.6 is 0 Å².